The zero-order chi connectivity index (χ0) is 22.5. The Bertz CT molecular complexity index is 861. The molecule has 0 fully saturated rings. The molecule has 0 unspecified atom stereocenters. The summed E-state index contributed by atoms with van der Waals surface area (Å²) < 4.78 is 60.3. The van der Waals surface area contributed by atoms with E-state index in [2.05, 4.69) is 29.8 Å². The van der Waals surface area contributed by atoms with Crippen LogP contribution in [0.1, 0.15) is 17.7 Å². The minimum Gasteiger partial charge on any atom is -0.360 e. The maximum atomic E-state index is 13.4. The minimum absolute atomic E-state index is 0.0214. The van der Waals surface area contributed by atoms with Crippen LogP contribution in [0.2, 0.25) is 25.7 Å². The Morgan fingerprint density at radius 2 is 2.00 bits per heavy atom. The molecule has 8 nitrogen and oxygen atoms in total. The number of hydrogen-bond acceptors (Lipinski definition) is 5. The lowest BCUT2D eigenvalue weighted by Gasteiger charge is -2.16. The Balaban J connectivity index is 2.01. The van der Waals surface area contributed by atoms with Gasteiger partial charge in [-0.2, -0.15) is 22.7 Å². The smallest absolute Gasteiger partial charge is 0.360 e. The number of nitro groups is 1. The summed E-state index contributed by atoms with van der Waals surface area (Å²) in [5.41, 5.74) is -0.313. The van der Waals surface area contributed by atoms with Crippen molar-refractivity contribution in [2.75, 3.05) is 6.61 Å². The van der Waals surface area contributed by atoms with Crippen molar-refractivity contribution in [2.24, 2.45) is 0 Å². The summed E-state index contributed by atoms with van der Waals surface area (Å²) in [5.74, 6) is -1.19. The van der Waals surface area contributed by atoms with Gasteiger partial charge >= 0.3 is 17.8 Å². The summed E-state index contributed by atoms with van der Waals surface area (Å²) >= 11 is 0. The van der Waals surface area contributed by atoms with E-state index < -0.39 is 37.2 Å². The third-order valence-corrected chi connectivity index (χ3v) is 6.05. The fraction of sp³-hybridized carbons (Fsp3) is 0.647. The van der Waals surface area contributed by atoms with Crippen LogP contribution in [-0.2, 0) is 30.9 Å². The van der Waals surface area contributed by atoms with E-state index in [1.54, 1.807) is 0 Å². The van der Waals surface area contributed by atoms with Gasteiger partial charge in [0, 0.05) is 21.2 Å². The molecule has 0 aromatic carbocycles. The number of nitrogens with zero attached hydrogens (tertiary/aromatic N) is 5. The monoisotopic (exact) mass is 451 g/mol. The van der Waals surface area contributed by atoms with E-state index in [1.165, 1.54) is 10.9 Å². The molecule has 0 N–H and O–H groups in total. The molecule has 0 spiro atoms. The maximum Gasteiger partial charge on any atom is 0.394 e. The van der Waals surface area contributed by atoms with Crippen LogP contribution in [0.3, 0.4) is 0 Å². The molecule has 0 aliphatic heterocycles. The highest BCUT2D eigenvalue weighted by atomic mass is 28.3. The predicted octanol–water partition coefficient (Wildman–Crippen LogP) is 4.18. The normalized spacial score (nSPS) is 12.5. The average molecular weight is 451 g/mol. The molecule has 0 atom stereocenters. The Hall–Kier alpha value is -2.28. The van der Waals surface area contributed by atoms with Gasteiger partial charge in [0.25, 0.3) is 0 Å². The number of aryl methyl sites for hydroxylation is 2. The molecule has 2 aromatic heterocycles. The topological polar surface area (TPSA) is 88.0 Å². The second kappa shape index (κ2) is 9.68. The van der Waals surface area contributed by atoms with Crippen LogP contribution < -0.4 is 0 Å². The fourth-order valence-electron chi connectivity index (χ4n) is 2.75. The number of alkyl halides is 3. The standard InChI is InChI=1S/C17H25F4N5O3Si/c1-30(2,3)8-7-29-12-25-14(9-17(19,20)21)13(10-22-25)5-4-6-24-11-15(26(27)28)16(18)23-24/h10-11H,4-9,12H2,1-3H3. The number of aromatic nitrogens is 4. The third-order valence-electron chi connectivity index (χ3n) is 4.34. The first-order valence-corrected chi connectivity index (χ1v) is 13.1. The molecule has 2 aromatic rings. The number of ether oxygens (including phenoxy) is 1. The highest BCUT2D eigenvalue weighted by molar-refractivity contribution is 6.76. The lowest BCUT2D eigenvalue weighted by Crippen LogP contribution is -2.23. The lowest BCUT2D eigenvalue weighted by atomic mass is 10.1. The summed E-state index contributed by atoms with van der Waals surface area (Å²) in [5, 5.41) is 18.1. The molecular weight excluding hydrogens is 426 g/mol. The van der Waals surface area contributed by atoms with Crippen LogP contribution in [-0.4, -0.2) is 45.3 Å². The Labute approximate surface area is 172 Å². The van der Waals surface area contributed by atoms with E-state index >= 15 is 0 Å². The van der Waals surface area contributed by atoms with Gasteiger partial charge in [0.05, 0.1) is 23.2 Å². The van der Waals surface area contributed by atoms with E-state index in [9.17, 15) is 27.7 Å². The molecule has 0 aliphatic rings. The molecule has 0 saturated heterocycles. The predicted molar refractivity (Wildman–Crippen MR) is 103 cm³/mol. The van der Waals surface area contributed by atoms with Gasteiger partial charge in [-0.15, -0.1) is 5.10 Å². The first-order chi connectivity index (χ1) is 13.9. The van der Waals surface area contributed by atoms with Crippen LogP contribution in [0, 0.1) is 16.1 Å². The van der Waals surface area contributed by atoms with E-state index in [0.717, 1.165) is 16.9 Å². The van der Waals surface area contributed by atoms with Crippen molar-refractivity contribution < 1.29 is 27.2 Å². The fourth-order valence-corrected chi connectivity index (χ4v) is 3.51. The van der Waals surface area contributed by atoms with Gasteiger partial charge in [0.15, 0.2) is 0 Å². The second-order valence-electron chi connectivity index (χ2n) is 8.18. The van der Waals surface area contributed by atoms with Crippen LogP contribution >= 0.6 is 0 Å². The summed E-state index contributed by atoms with van der Waals surface area (Å²) in [6, 6.07) is 0.891. The van der Waals surface area contributed by atoms with E-state index in [1.807, 2.05) is 0 Å². The highest BCUT2D eigenvalue weighted by Crippen LogP contribution is 2.25. The Morgan fingerprint density at radius 3 is 2.57 bits per heavy atom. The zero-order valence-electron chi connectivity index (χ0n) is 17.1. The van der Waals surface area contributed by atoms with Gasteiger partial charge in [-0.3, -0.25) is 14.8 Å². The van der Waals surface area contributed by atoms with Gasteiger partial charge < -0.3 is 4.74 Å². The number of halogens is 4. The minimum atomic E-state index is -4.41. The van der Waals surface area contributed by atoms with Gasteiger partial charge in [0.1, 0.15) is 12.9 Å². The first kappa shape index (κ1) is 24.0. The molecular formula is C17H25F4N5O3Si. The largest absolute Gasteiger partial charge is 0.394 e. The molecule has 0 aliphatic carbocycles. The molecule has 0 radical (unpaired) electrons. The number of rotatable bonds is 11. The third kappa shape index (κ3) is 7.52. The molecule has 168 valence electrons. The van der Waals surface area contributed by atoms with Crippen molar-refractivity contribution in [3.8, 4) is 0 Å². The van der Waals surface area contributed by atoms with Gasteiger partial charge in [0.2, 0.25) is 0 Å². The molecule has 2 heterocycles. The van der Waals surface area contributed by atoms with Crippen molar-refractivity contribution in [2.45, 2.75) is 64.4 Å². The zero-order valence-corrected chi connectivity index (χ0v) is 18.1. The SMILES string of the molecule is C[Si](C)(C)CCOCn1ncc(CCCn2cc([N+](=O)[O-])c(F)n2)c1CC(F)(F)F. The molecule has 13 heteroatoms. The van der Waals surface area contributed by atoms with Crippen LogP contribution in [0.4, 0.5) is 23.2 Å². The Morgan fingerprint density at radius 1 is 1.30 bits per heavy atom. The summed E-state index contributed by atoms with van der Waals surface area (Å²) in [6.07, 6.45) is -2.67. The van der Waals surface area contributed by atoms with Gasteiger partial charge in [-0.05, 0) is 24.4 Å². The average Bonchev–Trinajstić information content (AvgIpc) is 3.13. The summed E-state index contributed by atoms with van der Waals surface area (Å²) in [4.78, 5) is 9.78. The van der Waals surface area contributed by atoms with Gasteiger partial charge in [-0.25, -0.2) is 4.68 Å². The molecule has 30 heavy (non-hydrogen) atoms. The van der Waals surface area contributed by atoms with Crippen molar-refractivity contribution in [1.29, 1.82) is 0 Å². The van der Waals surface area contributed by atoms with Crippen molar-refractivity contribution in [3.05, 3.63) is 39.7 Å². The van der Waals surface area contributed by atoms with Gasteiger partial charge in [-0.1, -0.05) is 19.6 Å². The molecule has 0 amide bonds. The molecule has 0 saturated carbocycles. The molecule has 2 rings (SSSR count). The van der Waals surface area contributed by atoms with Crippen LogP contribution in [0.15, 0.2) is 12.4 Å². The summed E-state index contributed by atoms with van der Waals surface area (Å²) in [7, 11) is -1.31. The Kier molecular flexibility index (Phi) is 7.74. The summed E-state index contributed by atoms with van der Waals surface area (Å²) in [6.45, 7) is 7.05. The van der Waals surface area contributed by atoms with Crippen molar-refractivity contribution >= 4 is 13.8 Å². The quantitative estimate of drug-likeness (QED) is 0.168. The van der Waals surface area contributed by atoms with E-state index in [-0.39, 0.29) is 25.4 Å². The van der Waals surface area contributed by atoms with E-state index in [0.29, 0.717) is 18.6 Å². The van der Waals surface area contributed by atoms with Crippen molar-refractivity contribution in [1.82, 2.24) is 19.6 Å². The van der Waals surface area contributed by atoms with Crippen LogP contribution in [0.5, 0.6) is 0 Å². The highest BCUT2D eigenvalue weighted by Gasteiger charge is 2.31. The van der Waals surface area contributed by atoms with E-state index in [4.69, 9.17) is 4.74 Å². The van der Waals surface area contributed by atoms with Crippen molar-refractivity contribution in [3.63, 3.8) is 0 Å². The second-order valence-corrected chi connectivity index (χ2v) is 13.8. The van der Waals surface area contributed by atoms with Crippen LogP contribution in [0.25, 0.3) is 0 Å². The lowest BCUT2D eigenvalue weighted by molar-refractivity contribution is -0.387. The first-order valence-electron chi connectivity index (χ1n) is 9.41. The maximum absolute atomic E-state index is 13.4. The molecule has 0 bridgehead atoms. The number of hydrogen-bond donors (Lipinski definition) is 0.